The fourth-order valence-electron chi connectivity index (χ4n) is 1.99. The van der Waals surface area contributed by atoms with Crippen molar-refractivity contribution in [2.75, 3.05) is 31.5 Å². The van der Waals surface area contributed by atoms with E-state index < -0.39 is 0 Å². The first-order chi connectivity index (χ1) is 8.29. The van der Waals surface area contributed by atoms with Crippen LogP contribution in [0.3, 0.4) is 0 Å². The lowest BCUT2D eigenvalue weighted by Gasteiger charge is -2.27. The molecular formula is C12H16FN3O. The topological polar surface area (TPSA) is 44.4 Å². The van der Waals surface area contributed by atoms with E-state index in [-0.39, 0.29) is 5.82 Å². The molecule has 5 heteroatoms. The molecule has 1 aliphatic heterocycles. The van der Waals surface area contributed by atoms with E-state index in [2.05, 4.69) is 15.5 Å². The van der Waals surface area contributed by atoms with Crippen molar-refractivity contribution < 1.29 is 9.18 Å². The number of anilines is 1. The van der Waals surface area contributed by atoms with Gasteiger partial charge in [-0.25, -0.2) is 4.39 Å². The van der Waals surface area contributed by atoms with Gasteiger partial charge in [0.05, 0.1) is 0 Å². The summed E-state index contributed by atoms with van der Waals surface area (Å²) < 4.78 is 13.1. The van der Waals surface area contributed by atoms with E-state index in [1.807, 2.05) is 0 Å². The zero-order valence-corrected chi connectivity index (χ0v) is 9.58. The number of rotatable bonds is 4. The molecule has 17 heavy (non-hydrogen) atoms. The predicted molar refractivity (Wildman–Crippen MR) is 64.2 cm³/mol. The van der Waals surface area contributed by atoms with Gasteiger partial charge in [0, 0.05) is 38.4 Å². The fourth-order valence-corrected chi connectivity index (χ4v) is 1.99. The van der Waals surface area contributed by atoms with Crippen LogP contribution in [0.5, 0.6) is 0 Å². The van der Waals surface area contributed by atoms with E-state index in [4.69, 9.17) is 0 Å². The molecule has 0 unspecified atom stereocenters. The molecule has 1 saturated heterocycles. The van der Waals surface area contributed by atoms with Gasteiger partial charge < -0.3 is 10.6 Å². The molecule has 2 N–H and O–H groups in total. The van der Waals surface area contributed by atoms with E-state index in [1.54, 1.807) is 6.07 Å². The van der Waals surface area contributed by atoms with Gasteiger partial charge in [0.2, 0.25) is 6.41 Å². The lowest BCUT2D eigenvalue weighted by atomic mass is 10.1. The van der Waals surface area contributed by atoms with Gasteiger partial charge in [0.1, 0.15) is 5.82 Å². The third-order valence-corrected chi connectivity index (χ3v) is 2.89. The molecule has 0 radical (unpaired) electrons. The monoisotopic (exact) mass is 237 g/mol. The quantitative estimate of drug-likeness (QED) is 0.761. The van der Waals surface area contributed by atoms with E-state index >= 15 is 0 Å². The van der Waals surface area contributed by atoms with Crippen molar-refractivity contribution in [1.82, 2.24) is 10.2 Å². The number of nitrogens with one attached hydrogen (secondary N) is 2. The van der Waals surface area contributed by atoms with Crippen LogP contribution in [0, 0.1) is 5.82 Å². The summed E-state index contributed by atoms with van der Waals surface area (Å²) in [6, 6.07) is 4.50. The Bertz CT molecular complexity index is 391. The Morgan fingerprint density at radius 2 is 2.18 bits per heavy atom. The van der Waals surface area contributed by atoms with Gasteiger partial charge in [-0.15, -0.1) is 0 Å². The number of benzene rings is 1. The highest BCUT2D eigenvalue weighted by molar-refractivity contribution is 5.73. The first kappa shape index (κ1) is 12.0. The third-order valence-electron chi connectivity index (χ3n) is 2.89. The number of hydrogen-bond donors (Lipinski definition) is 2. The Hall–Kier alpha value is -1.46. The summed E-state index contributed by atoms with van der Waals surface area (Å²) in [7, 11) is 0. The fraction of sp³-hybridized carbons (Fsp3) is 0.417. The second-order valence-electron chi connectivity index (χ2n) is 4.09. The van der Waals surface area contributed by atoms with Crippen LogP contribution in [0.1, 0.15) is 5.56 Å². The standard InChI is InChI=1S/C12H16FN3O/c13-11-2-1-10(12(7-11)15-9-17)8-16-5-3-14-4-6-16/h1-2,7,9,14H,3-6,8H2,(H,15,17). The molecular weight excluding hydrogens is 221 g/mol. The number of carbonyl (C=O) groups excluding carboxylic acids is 1. The summed E-state index contributed by atoms with van der Waals surface area (Å²) in [4.78, 5) is 12.8. The molecule has 0 saturated carbocycles. The van der Waals surface area contributed by atoms with Gasteiger partial charge in [0.25, 0.3) is 0 Å². The summed E-state index contributed by atoms with van der Waals surface area (Å²) in [5.41, 5.74) is 1.50. The molecule has 0 atom stereocenters. The van der Waals surface area contributed by atoms with Gasteiger partial charge in [-0.2, -0.15) is 0 Å². The molecule has 1 aromatic rings. The molecule has 0 bridgehead atoms. The Morgan fingerprint density at radius 3 is 2.88 bits per heavy atom. The molecule has 92 valence electrons. The van der Waals surface area contributed by atoms with Gasteiger partial charge >= 0.3 is 0 Å². The molecule has 2 rings (SSSR count). The zero-order valence-electron chi connectivity index (χ0n) is 9.58. The van der Waals surface area contributed by atoms with Crippen LogP contribution in [0.2, 0.25) is 0 Å². The minimum atomic E-state index is -0.335. The number of halogens is 1. The molecule has 1 fully saturated rings. The summed E-state index contributed by atoms with van der Waals surface area (Å²) in [6.45, 7) is 4.61. The van der Waals surface area contributed by atoms with Crippen LogP contribution in [0.25, 0.3) is 0 Å². The highest BCUT2D eigenvalue weighted by Gasteiger charge is 2.12. The average molecular weight is 237 g/mol. The maximum Gasteiger partial charge on any atom is 0.211 e. The Labute approximate surface area is 99.8 Å². The van der Waals surface area contributed by atoms with E-state index in [9.17, 15) is 9.18 Å². The first-order valence-electron chi connectivity index (χ1n) is 5.71. The van der Waals surface area contributed by atoms with Gasteiger partial charge in [0.15, 0.2) is 0 Å². The largest absolute Gasteiger partial charge is 0.328 e. The second-order valence-corrected chi connectivity index (χ2v) is 4.09. The number of piperazine rings is 1. The van der Waals surface area contributed by atoms with Crippen molar-refractivity contribution in [2.24, 2.45) is 0 Å². The average Bonchev–Trinajstić information content (AvgIpc) is 2.34. The minimum absolute atomic E-state index is 0.335. The lowest BCUT2D eigenvalue weighted by molar-refractivity contribution is -0.105. The maximum absolute atomic E-state index is 13.1. The Balaban J connectivity index is 2.10. The SMILES string of the molecule is O=CNc1cc(F)ccc1CN1CCNCC1. The van der Waals surface area contributed by atoms with E-state index in [1.165, 1.54) is 12.1 Å². The second kappa shape index (κ2) is 5.75. The van der Waals surface area contributed by atoms with Crippen molar-refractivity contribution in [1.29, 1.82) is 0 Å². The first-order valence-corrected chi connectivity index (χ1v) is 5.71. The van der Waals surface area contributed by atoms with Crippen molar-refractivity contribution in [3.05, 3.63) is 29.6 Å². The zero-order chi connectivity index (χ0) is 12.1. The predicted octanol–water partition coefficient (Wildman–Crippen LogP) is 0.799. The van der Waals surface area contributed by atoms with E-state index in [0.29, 0.717) is 12.1 Å². The summed E-state index contributed by atoms with van der Waals surface area (Å²) >= 11 is 0. The van der Waals surface area contributed by atoms with Gasteiger partial charge in [-0.3, -0.25) is 9.69 Å². The number of amides is 1. The highest BCUT2D eigenvalue weighted by atomic mass is 19.1. The number of nitrogens with zero attached hydrogens (tertiary/aromatic N) is 1. The van der Waals surface area contributed by atoms with Gasteiger partial charge in [-0.05, 0) is 17.7 Å². The summed E-state index contributed by atoms with van der Waals surface area (Å²) in [5, 5.41) is 5.82. The molecule has 0 aromatic heterocycles. The minimum Gasteiger partial charge on any atom is -0.328 e. The van der Waals surface area contributed by atoms with Crippen LogP contribution in [-0.2, 0) is 11.3 Å². The molecule has 1 aromatic carbocycles. The molecule has 1 heterocycles. The van der Waals surface area contributed by atoms with Crippen molar-refractivity contribution in [3.8, 4) is 0 Å². The number of carbonyl (C=O) groups is 1. The Kier molecular flexibility index (Phi) is 4.06. The van der Waals surface area contributed by atoms with Crippen LogP contribution in [-0.4, -0.2) is 37.5 Å². The van der Waals surface area contributed by atoms with Crippen LogP contribution in [0.4, 0.5) is 10.1 Å². The van der Waals surface area contributed by atoms with Crippen molar-refractivity contribution >= 4 is 12.1 Å². The van der Waals surface area contributed by atoms with Crippen molar-refractivity contribution in [3.63, 3.8) is 0 Å². The third kappa shape index (κ3) is 3.25. The number of hydrogen-bond acceptors (Lipinski definition) is 3. The van der Waals surface area contributed by atoms with Crippen LogP contribution in [0.15, 0.2) is 18.2 Å². The lowest BCUT2D eigenvalue weighted by Crippen LogP contribution is -2.42. The molecule has 1 amide bonds. The van der Waals surface area contributed by atoms with E-state index in [0.717, 1.165) is 38.3 Å². The maximum atomic E-state index is 13.1. The molecule has 0 spiro atoms. The normalized spacial score (nSPS) is 16.8. The smallest absolute Gasteiger partial charge is 0.211 e. The van der Waals surface area contributed by atoms with Gasteiger partial charge in [-0.1, -0.05) is 6.07 Å². The van der Waals surface area contributed by atoms with Crippen molar-refractivity contribution in [2.45, 2.75) is 6.54 Å². The molecule has 0 aliphatic carbocycles. The molecule has 1 aliphatic rings. The summed E-state index contributed by atoms with van der Waals surface area (Å²) in [5.74, 6) is -0.335. The highest BCUT2D eigenvalue weighted by Crippen LogP contribution is 2.18. The van der Waals surface area contributed by atoms with Crippen LogP contribution >= 0.6 is 0 Å². The Morgan fingerprint density at radius 1 is 1.41 bits per heavy atom. The summed E-state index contributed by atoms with van der Waals surface area (Å²) in [6.07, 6.45) is 0.579. The van der Waals surface area contributed by atoms with Crippen LogP contribution < -0.4 is 10.6 Å². The molecule has 4 nitrogen and oxygen atoms in total.